The summed E-state index contributed by atoms with van der Waals surface area (Å²) in [6, 6.07) is 0. The van der Waals surface area contributed by atoms with Crippen molar-refractivity contribution in [1.82, 2.24) is 15.1 Å². The van der Waals surface area contributed by atoms with E-state index in [0.717, 1.165) is 3.57 Å². The van der Waals surface area contributed by atoms with Crippen molar-refractivity contribution >= 4 is 28.5 Å². The van der Waals surface area contributed by atoms with Gasteiger partial charge < -0.3 is 5.32 Å². The predicted octanol–water partition coefficient (Wildman–Crippen LogP) is 0.869. The standard InChI is InChI=1S/C7H8F2IN3O/c8-6(9)2-11-7(14)4-13-3-5(10)1-12-13/h1,3,6H,2,4H2,(H,11,14). The molecule has 1 aromatic heterocycles. The summed E-state index contributed by atoms with van der Waals surface area (Å²) >= 11 is 2.04. The van der Waals surface area contributed by atoms with Crippen LogP contribution in [-0.4, -0.2) is 28.7 Å². The largest absolute Gasteiger partial charge is 0.349 e. The van der Waals surface area contributed by atoms with E-state index >= 15 is 0 Å². The van der Waals surface area contributed by atoms with Gasteiger partial charge in [0.25, 0.3) is 6.43 Å². The van der Waals surface area contributed by atoms with Crippen LogP contribution < -0.4 is 5.32 Å². The van der Waals surface area contributed by atoms with Crippen LogP contribution in [0.4, 0.5) is 8.78 Å². The van der Waals surface area contributed by atoms with Gasteiger partial charge >= 0.3 is 0 Å². The third-order valence-electron chi connectivity index (χ3n) is 1.36. The van der Waals surface area contributed by atoms with Crippen LogP contribution in [0.5, 0.6) is 0 Å². The predicted molar refractivity (Wildman–Crippen MR) is 54.0 cm³/mol. The van der Waals surface area contributed by atoms with Crippen molar-refractivity contribution in [3.63, 3.8) is 0 Å². The van der Waals surface area contributed by atoms with Crippen molar-refractivity contribution in [3.05, 3.63) is 16.0 Å². The third-order valence-corrected chi connectivity index (χ3v) is 1.92. The maximum atomic E-state index is 11.7. The van der Waals surface area contributed by atoms with Gasteiger partial charge in [-0.15, -0.1) is 0 Å². The van der Waals surface area contributed by atoms with Crippen LogP contribution in [0, 0.1) is 3.57 Å². The fourth-order valence-electron chi connectivity index (χ4n) is 0.819. The van der Waals surface area contributed by atoms with E-state index in [4.69, 9.17) is 0 Å². The van der Waals surface area contributed by atoms with Crippen LogP contribution >= 0.6 is 22.6 Å². The maximum Gasteiger partial charge on any atom is 0.255 e. The van der Waals surface area contributed by atoms with Gasteiger partial charge in [0.2, 0.25) is 5.91 Å². The molecule has 0 aromatic carbocycles. The molecule has 0 saturated carbocycles. The van der Waals surface area contributed by atoms with E-state index in [0.29, 0.717) is 0 Å². The van der Waals surface area contributed by atoms with Gasteiger partial charge in [0.05, 0.1) is 16.3 Å². The topological polar surface area (TPSA) is 46.9 Å². The number of nitrogens with zero attached hydrogens (tertiary/aromatic N) is 2. The Morgan fingerprint density at radius 3 is 2.93 bits per heavy atom. The highest BCUT2D eigenvalue weighted by molar-refractivity contribution is 14.1. The summed E-state index contributed by atoms with van der Waals surface area (Å²) in [6.07, 6.45) is 0.723. The Labute approximate surface area is 92.8 Å². The zero-order chi connectivity index (χ0) is 10.6. The molecule has 0 spiro atoms. The molecule has 0 radical (unpaired) electrons. The van der Waals surface area contributed by atoms with Gasteiger partial charge in [-0.3, -0.25) is 9.48 Å². The van der Waals surface area contributed by atoms with Crippen molar-refractivity contribution in [2.24, 2.45) is 0 Å². The highest BCUT2D eigenvalue weighted by atomic mass is 127. The number of aromatic nitrogens is 2. The van der Waals surface area contributed by atoms with Crippen molar-refractivity contribution in [3.8, 4) is 0 Å². The van der Waals surface area contributed by atoms with Gasteiger partial charge in [0.15, 0.2) is 0 Å². The van der Waals surface area contributed by atoms with E-state index in [1.807, 2.05) is 22.6 Å². The lowest BCUT2D eigenvalue weighted by Gasteiger charge is -2.03. The van der Waals surface area contributed by atoms with Gasteiger partial charge in [0, 0.05) is 6.20 Å². The molecule has 7 heteroatoms. The van der Waals surface area contributed by atoms with Crippen LogP contribution in [0.1, 0.15) is 0 Å². The quantitative estimate of drug-likeness (QED) is 0.838. The molecule has 0 fully saturated rings. The van der Waals surface area contributed by atoms with E-state index in [-0.39, 0.29) is 6.54 Å². The molecule has 0 aliphatic rings. The molecule has 1 heterocycles. The van der Waals surface area contributed by atoms with E-state index in [1.54, 1.807) is 12.4 Å². The minimum atomic E-state index is -2.52. The van der Waals surface area contributed by atoms with E-state index in [1.165, 1.54) is 4.68 Å². The molecule has 0 bridgehead atoms. The minimum Gasteiger partial charge on any atom is -0.349 e. The number of hydrogen-bond donors (Lipinski definition) is 1. The van der Waals surface area contributed by atoms with Crippen molar-refractivity contribution in [2.45, 2.75) is 13.0 Å². The summed E-state index contributed by atoms with van der Waals surface area (Å²) < 4.78 is 25.7. The first-order valence-corrected chi connectivity index (χ1v) is 4.88. The molecule has 1 amide bonds. The zero-order valence-corrected chi connectivity index (χ0v) is 9.24. The molecule has 0 atom stereocenters. The monoisotopic (exact) mass is 315 g/mol. The Balaban J connectivity index is 2.34. The summed E-state index contributed by atoms with van der Waals surface area (Å²) in [5.74, 6) is -0.468. The first-order valence-electron chi connectivity index (χ1n) is 3.80. The lowest BCUT2D eigenvalue weighted by Crippen LogP contribution is -2.31. The third kappa shape index (κ3) is 3.99. The van der Waals surface area contributed by atoms with Gasteiger partial charge in [-0.2, -0.15) is 5.10 Å². The summed E-state index contributed by atoms with van der Waals surface area (Å²) in [6.45, 7) is -0.646. The highest BCUT2D eigenvalue weighted by Gasteiger charge is 2.07. The number of amides is 1. The Kier molecular flexibility index (Phi) is 4.23. The van der Waals surface area contributed by atoms with Crippen LogP contribution in [0.25, 0.3) is 0 Å². The Bertz CT molecular complexity index is 316. The van der Waals surface area contributed by atoms with Gasteiger partial charge in [-0.25, -0.2) is 8.78 Å². The van der Waals surface area contributed by atoms with Gasteiger partial charge in [0.1, 0.15) is 6.54 Å². The molecule has 14 heavy (non-hydrogen) atoms. The number of hydrogen-bond acceptors (Lipinski definition) is 2. The van der Waals surface area contributed by atoms with E-state index in [9.17, 15) is 13.6 Å². The number of alkyl halides is 2. The second-order valence-corrected chi connectivity index (χ2v) is 3.80. The van der Waals surface area contributed by atoms with Gasteiger partial charge in [-0.1, -0.05) is 0 Å². The number of carbonyl (C=O) groups excluding carboxylic acids is 1. The molecule has 1 N–H and O–H groups in total. The van der Waals surface area contributed by atoms with E-state index < -0.39 is 18.9 Å². The van der Waals surface area contributed by atoms with Crippen molar-refractivity contribution in [1.29, 1.82) is 0 Å². The van der Waals surface area contributed by atoms with Crippen molar-refractivity contribution in [2.75, 3.05) is 6.54 Å². The molecule has 0 aliphatic heterocycles. The Morgan fingerprint density at radius 1 is 1.71 bits per heavy atom. The fourth-order valence-corrected chi connectivity index (χ4v) is 1.26. The molecular weight excluding hydrogens is 307 g/mol. The minimum absolute atomic E-state index is 0.0320. The molecule has 0 saturated heterocycles. The summed E-state index contributed by atoms with van der Waals surface area (Å²) in [4.78, 5) is 11.0. The van der Waals surface area contributed by atoms with Crippen LogP contribution in [0.3, 0.4) is 0 Å². The Morgan fingerprint density at radius 2 is 2.43 bits per heavy atom. The normalized spacial score (nSPS) is 10.6. The van der Waals surface area contributed by atoms with Crippen LogP contribution in [-0.2, 0) is 11.3 Å². The molecule has 1 rings (SSSR count). The first kappa shape index (κ1) is 11.3. The second-order valence-electron chi connectivity index (χ2n) is 2.55. The fraction of sp³-hybridized carbons (Fsp3) is 0.429. The summed E-state index contributed by atoms with van der Waals surface area (Å²) in [5.41, 5.74) is 0. The molecule has 4 nitrogen and oxygen atoms in total. The average Bonchev–Trinajstić information content (AvgIpc) is 2.48. The van der Waals surface area contributed by atoms with Crippen molar-refractivity contribution < 1.29 is 13.6 Å². The van der Waals surface area contributed by atoms with E-state index in [2.05, 4.69) is 10.4 Å². The van der Waals surface area contributed by atoms with Gasteiger partial charge in [-0.05, 0) is 22.6 Å². The maximum absolute atomic E-state index is 11.7. The number of rotatable bonds is 4. The zero-order valence-electron chi connectivity index (χ0n) is 7.08. The Hall–Kier alpha value is -0.730. The van der Waals surface area contributed by atoms with Crippen LogP contribution in [0.15, 0.2) is 12.4 Å². The highest BCUT2D eigenvalue weighted by Crippen LogP contribution is 2.00. The summed E-state index contributed by atoms with van der Waals surface area (Å²) in [5, 5.41) is 5.93. The molecular formula is C7H8F2IN3O. The SMILES string of the molecule is O=C(Cn1cc(I)cn1)NCC(F)F. The van der Waals surface area contributed by atoms with Crippen LogP contribution in [0.2, 0.25) is 0 Å². The number of nitrogens with one attached hydrogen (secondary N) is 1. The number of halogens is 3. The lowest BCUT2D eigenvalue weighted by molar-refractivity contribution is -0.122. The summed E-state index contributed by atoms with van der Waals surface area (Å²) in [7, 11) is 0. The smallest absolute Gasteiger partial charge is 0.255 e. The molecule has 78 valence electrons. The lowest BCUT2D eigenvalue weighted by atomic mass is 10.5. The first-order chi connectivity index (χ1) is 6.58. The molecule has 1 aromatic rings. The molecule has 0 unspecified atom stereocenters. The number of carbonyl (C=O) groups is 1. The second kappa shape index (κ2) is 5.23. The molecule has 0 aliphatic carbocycles. The average molecular weight is 315 g/mol.